The molecule has 0 unspecified atom stereocenters. The molecular weight excluding hydrogens is 531 g/mol. The van der Waals surface area contributed by atoms with E-state index in [9.17, 15) is 4.79 Å². The number of carbonyl (C=O) groups excluding carboxylic acids is 1. The molecule has 12 nitrogen and oxygen atoms in total. The third-order valence-corrected chi connectivity index (χ3v) is 7.44. The van der Waals surface area contributed by atoms with E-state index in [1.54, 1.807) is 12.1 Å². The average Bonchev–Trinajstić information content (AvgIpc) is 2.88. The first-order valence-corrected chi connectivity index (χ1v) is 13.2. The Morgan fingerprint density at radius 3 is 2.42 bits per heavy atom. The number of rotatable bonds is 5. The number of halogens is 2. The number of ether oxygens (including phenoxy) is 1. The van der Waals surface area contributed by atoms with Gasteiger partial charge in [-0.05, 0) is 31.4 Å². The highest BCUT2D eigenvalue weighted by molar-refractivity contribution is 6.32. The Morgan fingerprint density at radius 2 is 1.79 bits per heavy atom. The number of nitrogens with one attached hydrogen (secondary N) is 2. The molecule has 2 saturated heterocycles. The molecule has 0 bridgehead atoms. The Balaban J connectivity index is 1.39. The molecule has 4 rings (SSSR count). The van der Waals surface area contributed by atoms with Gasteiger partial charge in [0.1, 0.15) is 11.0 Å². The summed E-state index contributed by atoms with van der Waals surface area (Å²) in [4.78, 5) is 32.1. The van der Waals surface area contributed by atoms with Gasteiger partial charge in [-0.15, -0.1) is 0 Å². The predicted molar refractivity (Wildman–Crippen MR) is 148 cm³/mol. The minimum Gasteiger partial charge on any atom is -0.424 e. The van der Waals surface area contributed by atoms with E-state index in [0.717, 1.165) is 25.8 Å². The zero-order valence-corrected chi connectivity index (χ0v) is 22.9. The lowest BCUT2D eigenvalue weighted by molar-refractivity contribution is 0.0491. The number of amides is 1. The maximum Gasteiger partial charge on any atom is 0.257 e. The lowest BCUT2D eigenvalue weighted by Crippen LogP contribution is -2.58. The number of pyridine rings is 1. The van der Waals surface area contributed by atoms with Crippen molar-refractivity contribution in [3.63, 3.8) is 0 Å². The molecule has 0 aliphatic carbocycles. The molecule has 0 spiro atoms. The molecule has 4 heterocycles. The summed E-state index contributed by atoms with van der Waals surface area (Å²) in [6.45, 7) is 7.03. The standard InChI is InChI=1S/C24H32Cl2N10O2/c1-3-14-12-35(23-19(26)32-18(21(29)33-23)22(30)38-13(2)27)10-11-36(14)15-6-8-34(9-7-15)24(37)16-4-5-17(25)31-20(16)28/h4-5,14-15,27,30H,3,6-12H2,1-2H3,(H2,28,31)(H2,29,33)/t14-/m0/s1. The summed E-state index contributed by atoms with van der Waals surface area (Å²) < 4.78 is 5.00. The number of likely N-dealkylation sites (tertiary alicyclic amines) is 1. The van der Waals surface area contributed by atoms with Crippen LogP contribution in [0.25, 0.3) is 0 Å². The summed E-state index contributed by atoms with van der Waals surface area (Å²) in [7, 11) is 0. The van der Waals surface area contributed by atoms with Crippen molar-refractivity contribution < 1.29 is 9.53 Å². The molecular formula is C24H32Cl2N10O2. The first-order chi connectivity index (χ1) is 18.1. The van der Waals surface area contributed by atoms with Gasteiger partial charge in [0.2, 0.25) is 5.90 Å². The van der Waals surface area contributed by atoms with Crippen LogP contribution in [0, 0.1) is 10.8 Å². The fourth-order valence-electron chi connectivity index (χ4n) is 5.10. The second kappa shape index (κ2) is 11.7. The summed E-state index contributed by atoms with van der Waals surface area (Å²) in [6.07, 6.45) is 2.65. The van der Waals surface area contributed by atoms with Crippen molar-refractivity contribution >= 4 is 58.4 Å². The van der Waals surface area contributed by atoms with Crippen molar-refractivity contribution in [3.8, 4) is 0 Å². The Labute approximate surface area is 231 Å². The maximum atomic E-state index is 13.0. The highest BCUT2D eigenvalue weighted by atomic mass is 35.5. The van der Waals surface area contributed by atoms with E-state index < -0.39 is 0 Å². The van der Waals surface area contributed by atoms with Crippen LogP contribution in [0.15, 0.2) is 12.1 Å². The third kappa shape index (κ3) is 5.92. The van der Waals surface area contributed by atoms with Crippen LogP contribution in [0.2, 0.25) is 10.3 Å². The molecule has 6 N–H and O–H groups in total. The predicted octanol–water partition coefficient (Wildman–Crippen LogP) is 2.89. The Hall–Kier alpha value is -3.22. The molecule has 2 fully saturated rings. The van der Waals surface area contributed by atoms with Gasteiger partial charge in [-0.2, -0.15) is 0 Å². The van der Waals surface area contributed by atoms with Crippen LogP contribution in [-0.2, 0) is 4.74 Å². The molecule has 204 valence electrons. The molecule has 14 heteroatoms. The minimum absolute atomic E-state index is 0.00784. The Kier molecular flexibility index (Phi) is 8.54. The highest BCUT2D eigenvalue weighted by Gasteiger charge is 2.35. The molecule has 2 aromatic heterocycles. The van der Waals surface area contributed by atoms with Gasteiger partial charge in [0.25, 0.3) is 5.91 Å². The van der Waals surface area contributed by atoms with Gasteiger partial charge < -0.3 is 26.0 Å². The van der Waals surface area contributed by atoms with Gasteiger partial charge in [0, 0.05) is 51.7 Å². The highest BCUT2D eigenvalue weighted by Crippen LogP contribution is 2.30. The second-order valence-corrected chi connectivity index (χ2v) is 10.1. The van der Waals surface area contributed by atoms with Gasteiger partial charge in [-0.25, -0.2) is 15.0 Å². The number of aromatic nitrogens is 3. The van der Waals surface area contributed by atoms with Crippen molar-refractivity contribution in [1.29, 1.82) is 10.8 Å². The van der Waals surface area contributed by atoms with Crippen LogP contribution in [-0.4, -0.2) is 87.3 Å². The summed E-state index contributed by atoms with van der Waals surface area (Å²) in [6, 6.07) is 3.82. The van der Waals surface area contributed by atoms with Crippen molar-refractivity contribution in [3.05, 3.63) is 33.7 Å². The van der Waals surface area contributed by atoms with Crippen molar-refractivity contribution in [2.75, 3.05) is 49.1 Å². The maximum absolute atomic E-state index is 13.0. The van der Waals surface area contributed by atoms with Gasteiger partial charge >= 0.3 is 0 Å². The summed E-state index contributed by atoms with van der Waals surface area (Å²) >= 11 is 12.3. The van der Waals surface area contributed by atoms with E-state index in [0.29, 0.717) is 43.6 Å². The minimum atomic E-state index is -0.368. The molecule has 2 aliphatic rings. The van der Waals surface area contributed by atoms with Gasteiger partial charge in [0.05, 0.1) is 5.56 Å². The molecule has 2 aliphatic heterocycles. The topological polar surface area (TPSA) is 174 Å². The third-order valence-electron chi connectivity index (χ3n) is 6.97. The lowest BCUT2D eigenvalue weighted by Gasteiger charge is -2.47. The molecule has 2 aromatic rings. The van der Waals surface area contributed by atoms with E-state index in [1.807, 2.05) is 4.90 Å². The quantitative estimate of drug-likeness (QED) is 0.242. The van der Waals surface area contributed by atoms with Crippen LogP contribution in [0.4, 0.5) is 17.5 Å². The summed E-state index contributed by atoms with van der Waals surface area (Å²) in [5, 5.41) is 15.8. The normalized spacial score (nSPS) is 18.9. The Bertz CT molecular complexity index is 1230. The van der Waals surface area contributed by atoms with Crippen molar-refractivity contribution in [2.45, 2.75) is 45.2 Å². The van der Waals surface area contributed by atoms with Crippen LogP contribution >= 0.6 is 23.2 Å². The van der Waals surface area contributed by atoms with Gasteiger partial charge in [0.15, 0.2) is 28.4 Å². The number of piperazine rings is 1. The van der Waals surface area contributed by atoms with Gasteiger partial charge in [-0.1, -0.05) is 30.1 Å². The first-order valence-electron chi connectivity index (χ1n) is 12.5. The fraction of sp³-hybridized carbons (Fsp3) is 0.500. The summed E-state index contributed by atoms with van der Waals surface area (Å²) in [5.41, 5.74) is 12.4. The lowest BCUT2D eigenvalue weighted by atomic mass is 9.97. The van der Waals surface area contributed by atoms with Crippen molar-refractivity contribution in [2.24, 2.45) is 0 Å². The van der Waals surface area contributed by atoms with E-state index in [1.165, 1.54) is 6.92 Å². The summed E-state index contributed by atoms with van der Waals surface area (Å²) in [5.74, 6) is 0.00763. The monoisotopic (exact) mass is 562 g/mol. The number of anilines is 3. The SMILES string of the molecule is CC[C@H]1CN(c2nc(N)c(C(=N)OC(C)=N)nc2Cl)CCN1C1CCN(C(=O)c2ccc(Cl)nc2N)CC1. The zero-order chi connectivity index (χ0) is 27.6. The van der Waals surface area contributed by atoms with E-state index >= 15 is 0 Å². The van der Waals surface area contributed by atoms with E-state index in [4.69, 9.17) is 50.2 Å². The van der Waals surface area contributed by atoms with Crippen LogP contribution in [0.3, 0.4) is 0 Å². The fourth-order valence-corrected chi connectivity index (χ4v) is 5.50. The van der Waals surface area contributed by atoms with Crippen LogP contribution in [0.1, 0.15) is 49.2 Å². The molecule has 0 aromatic carbocycles. The number of hydrogen-bond acceptors (Lipinski definition) is 11. The van der Waals surface area contributed by atoms with Crippen LogP contribution < -0.4 is 16.4 Å². The molecule has 0 radical (unpaired) electrons. The zero-order valence-electron chi connectivity index (χ0n) is 21.4. The van der Waals surface area contributed by atoms with E-state index in [2.05, 4.69) is 31.7 Å². The number of nitrogen functional groups attached to an aromatic ring is 2. The number of piperidine rings is 1. The van der Waals surface area contributed by atoms with Crippen molar-refractivity contribution in [1.82, 2.24) is 24.8 Å². The van der Waals surface area contributed by atoms with Crippen LogP contribution in [0.5, 0.6) is 0 Å². The molecule has 0 saturated carbocycles. The second-order valence-electron chi connectivity index (χ2n) is 9.40. The Morgan fingerprint density at radius 1 is 1.08 bits per heavy atom. The molecule has 1 amide bonds. The smallest absolute Gasteiger partial charge is 0.257 e. The number of nitrogens with two attached hydrogens (primary N) is 2. The molecule has 38 heavy (non-hydrogen) atoms. The first kappa shape index (κ1) is 27.8. The number of carbonyl (C=O) groups is 1. The largest absolute Gasteiger partial charge is 0.424 e. The number of hydrogen-bond donors (Lipinski definition) is 4. The average molecular weight is 563 g/mol. The molecule has 1 atom stereocenters. The number of nitrogens with zero attached hydrogens (tertiary/aromatic N) is 6. The van der Waals surface area contributed by atoms with Gasteiger partial charge in [-0.3, -0.25) is 20.5 Å². The van der Waals surface area contributed by atoms with E-state index in [-0.39, 0.29) is 51.4 Å².